The van der Waals surface area contributed by atoms with Crippen molar-refractivity contribution >= 4 is 11.5 Å². The number of likely N-dealkylation sites (tertiary alicyclic amines) is 1. The Balaban J connectivity index is 1.74. The maximum atomic E-state index is 5.17. The molecular weight excluding hydrogens is 454 g/mol. The maximum absolute atomic E-state index is 5.17. The van der Waals surface area contributed by atoms with Crippen LogP contribution < -0.4 is 0 Å². The van der Waals surface area contributed by atoms with E-state index in [1.807, 2.05) is 0 Å². The van der Waals surface area contributed by atoms with Crippen LogP contribution in [-0.2, 0) is 6.42 Å². The van der Waals surface area contributed by atoms with E-state index < -0.39 is 0 Å². The van der Waals surface area contributed by atoms with Gasteiger partial charge < -0.3 is 19.6 Å². The third kappa shape index (κ3) is 5.97. The van der Waals surface area contributed by atoms with Gasteiger partial charge in [-0.25, -0.2) is 4.99 Å². The van der Waals surface area contributed by atoms with Crippen molar-refractivity contribution in [3.63, 3.8) is 0 Å². The molecule has 1 aromatic rings. The molecule has 37 heavy (non-hydrogen) atoms. The van der Waals surface area contributed by atoms with Gasteiger partial charge in [0.15, 0.2) is 0 Å². The van der Waals surface area contributed by atoms with Crippen molar-refractivity contribution in [3.05, 3.63) is 77.4 Å². The molecule has 0 N–H and O–H groups in total. The highest BCUT2D eigenvalue weighted by molar-refractivity contribution is 5.95. The minimum absolute atomic E-state index is 0.146. The molecule has 1 aromatic carbocycles. The predicted octanol–water partition coefficient (Wildman–Crippen LogP) is 6.26. The molecule has 0 radical (unpaired) electrons. The Hall–Kier alpha value is -2.95. The number of benzene rings is 1. The average molecular weight is 502 g/mol. The lowest BCUT2D eigenvalue weighted by molar-refractivity contribution is 0.292. The zero-order chi connectivity index (χ0) is 26.7. The summed E-state index contributed by atoms with van der Waals surface area (Å²) in [6.07, 6.45) is 11.3. The third-order valence-corrected chi connectivity index (χ3v) is 8.35. The van der Waals surface area contributed by atoms with Crippen molar-refractivity contribution < 1.29 is 0 Å². The van der Waals surface area contributed by atoms with E-state index in [1.165, 1.54) is 48.2 Å². The summed E-state index contributed by atoms with van der Waals surface area (Å²) in [5.41, 5.74) is 6.09. The van der Waals surface area contributed by atoms with Gasteiger partial charge in [-0.05, 0) is 68.2 Å². The van der Waals surface area contributed by atoms with E-state index in [4.69, 9.17) is 4.99 Å². The summed E-state index contributed by atoms with van der Waals surface area (Å²) < 4.78 is 0. The minimum atomic E-state index is 0.146. The molecule has 2 bridgehead atoms. The van der Waals surface area contributed by atoms with Crippen LogP contribution in [0.4, 0.5) is 0 Å². The van der Waals surface area contributed by atoms with Gasteiger partial charge in [-0.2, -0.15) is 0 Å². The van der Waals surface area contributed by atoms with Crippen LogP contribution in [-0.4, -0.2) is 72.3 Å². The zero-order valence-corrected chi connectivity index (χ0v) is 24.1. The highest BCUT2D eigenvalue weighted by Gasteiger charge is 2.28. The highest BCUT2D eigenvalue weighted by Crippen LogP contribution is 2.31. The molecule has 5 nitrogen and oxygen atoms in total. The number of hydrogen-bond acceptors (Lipinski definition) is 5. The molecule has 3 heterocycles. The summed E-state index contributed by atoms with van der Waals surface area (Å²) in [5, 5.41) is 0. The summed E-state index contributed by atoms with van der Waals surface area (Å²) in [7, 11) is 6.53. The molecule has 1 unspecified atom stereocenters. The fourth-order valence-corrected chi connectivity index (χ4v) is 5.91. The van der Waals surface area contributed by atoms with E-state index in [1.54, 1.807) is 0 Å². The van der Waals surface area contributed by atoms with Crippen molar-refractivity contribution in [2.45, 2.75) is 65.3 Å². The van der Waals surface area contributed by atoms with Gasteiger partial charge in [0.1, 0.15) is 17.5 Å². The summed E-state index contributed by atoms with van der Waals surface area (Å²) in [4.78, 5) is 14.6. The molecule has 0 aromatic heterocycles. The Morgan fingerprint density at radius 2 is 1.81 bits per heavy atom. The van der Waals surface area contributed by atoms with Crippen LogP contribution in [0, 0.1) is 12.8 Å². The molecule has 0 amide bonds. The first-order valence-electron chi connectivity index (χ1n) is 14.1. The monoisotopic (exact) mass is 501 g/mol. The van der Waals surface area contributed by atoms with Crippen molar-refractivity contribution in [2.24, 2.45) is 10.9 Å². The Kier molecular flexibility index (Phi) is 8.51. The van der Waals surface area contributed by atoms with Crippen LogP contribution in [0.15, 0.2) is 65.7 Å². The second-order valence-electron chi connectivity index (χ2n) is 11.3. The van der Waals surface area contributed by atoms with E-state index in [9.17, 15) is 0 Å². The molecule has 0 saturated carbocycles. The van der Waals surface area contributed by atoms with E-state index in [0.717, 1.165) is 55.4 Å². The van der Waals surface area contributed by atoms with Gasteiger partial charge in [-0.1, -0.05) is 51.1 Å². The van der Waals surface area contributed by atoms with E-state index >= 15 is 0 Å². The summed E-state index contributed by atoms with van der Waals surface area (Å²) in [6, 6.07) is 6.99. The SMILES string of the molecule is C=C1/C=C2/N=C(N3CC[C@H](C)C3)C=C(N(C)CCCCCc3ccc(C)cc3C(=C)N(C)C1CC)N2C. The Morgan fingerprint density at radius 1 is 1.03 bits per heavy atom. The topological polar surface area (TPSA) is 25.3 Å². The van der Waals surface area contributed by atoms with Gasteiger partial charge in [0.05, 0.1) is 6.04 Å². The van der Waals surface area contributed by atoms with Gasteiger partial charge in [-0.15, -0.1) is 0 Å². The quantitative estimate of drug-likeness (QED) is 0.454. The first-order valence-corrected chi connectivity index (χ1v) is 14.1. The van der Waals surface area contributed by atoms with Gasteiger partial charge in [0, 0.05) is 58.1 Å². The number of aryl methyl sites for hydroxylation is 2. The molecule has 3 aliphatic heterocycles. The normalized spacial score (nSPS) is 25.5. The van der Waals surface area contributed by atoms with Gasteiger partial charge in [0.2, 0.25) is 0 Å². The van der Waals surface area contributed by atoms with Gasteiger partial charge >= 0.3 is 0 Å². The van der Waals surface area contributed by atoms with Crippen LogP contribution in [0.3, 0.4) is 0 Å². The van der Waals surface area contributed by atoms with E-state index in [2.05, 4.69) is 105 Å². The highest BCUT2D eigenvalue weighted by atomic mass is 15.4. The molecule has 1 fully saturated rings. The predicted molar refractivity (Wildman–Crippen MR) is 158 cm³/mol. The minimum Gasteiger partial charge on any atom is -0.368 e. The molecule has 1 saturated heterocycles. The molecule has 3 aliphatic rings. The zero-order valence-electron chi connectivity index (χ0n) is 24.1. The number of fused-ring (bicyclic) bond motifs is 3. The van der Waals surface area contributed by atoms with Crippen LogP contribution in [0.5, 0.6) is 0 Å². The largest absolute Gasteiger partial charge is 0.368 e. The Bertz CT molecular complexity index is 1110. The van der Waals surface area contributed by atoms with Crippen molar-refractivity contribution in [1.82, 2.24) is 19.6 Å². The standard InChI is InChI=1S/C32H47N5/c1-9-29-25(4)20-30-33-31(37-18-16-24(3)22-37)21-32(36(30)8)34(6)17-12-10-11-13-27-15-14-23(2)19-28(27)26(5)35(29)7/h14-15,19-21,24,29H,4-5,9-13,16-18,22H2,1-3,6-8H3/b30-20-/t24-,29?/m0/s1. The van der Waals surface area contributed by atoms with Crippen LogP contribution in [0.25, 0.3) is 5.70 Å². The van der Waals surface area contributed by atoms with Crippen LogP contribution in [0.1, 0.15) is 62.6 Å². The number of likely N-dealkylation sites (N-methyl/N-ethyl adjacent to an activating group) is 1. The number of hydrogen-bond donors (Lipinski definition) is 0. The summed E-state index contributed by atoms with van der Waals surface area (Å²) in [6.45, 7) is 19.1. The lowest BCUT2D eigenvalue weighted by Gasteiger charge is -2.37. The molecule has 2 atom stereocenters. The third-order valence-electron chi connectivity index (χ3n) is 8.35. The number of amidine groups is 1. The first-order chi connectivity index (χ1) is 17.7. The van der Waals surface area contributed by atoms with Crippen LogP contribution >= 0.6 is 0 Å². The smallest absolute Gasteiger partial charge is 0.136 e. The van der Waals surface area contributed by atoms with E-state index in [-0.39, 0.29) is 6.04 Å². The Morgan fingerprint density at radius 3 is 2.51 bits per heavy atom. The Labute approximate surface area is 225 Å². The van der Waals surface area contributed by atoms with Crippen molar-refractivity contribution in [3.8, 4) is 0 Å². The fourth-order valence-electron chi connectivity index (χ4n) is 5.91. The molecule has 4 rings (SSSR count). The lowest BCUT2D eigenvalue weighted by Crippen LogP contribution is -2.38. The van der Waals surface area contributed by atoms with Gasteiger partial charge in [0.25, 0.3) is 0 Å². The van der Waals surface area contributed by atoms with Crippen LogP contribution in [0.2, 0.25) is 0 Å². The fraction of sp³-hybridized carbons (Fsp3) is 0.531. The maximum Gasteiger partial charge on any atom is 0.136 e. The molecule has 0 spiro atoms. The second-order valence-corrected chi connectivity index (χ2v) is 11.3. The summed E-state index contributed by atoms with van der Waals surface area (Å²) >= 11 is 0. The molecule has 5 heteroatoms. The van der Waals surface area contributed by atoms with Crippen molar-refractivity contribution in [2.75, 3.05) is 40.8 Å². The first kappa shape index (κ1) is 27.1. The molecule has 0 aliphatic carbocycles. The van der Waals surface area contributed by atoms with Crippen molar-refractivity contribution in [1.29, 1.82) is 0 Å². The summed E-state index contributed by atoms with van der Waals surface area (Å²) in [5.74, 6) is 3.97. The molecule has 200 valence electrons. The number of aliphatic imine (C=N–C) groups is 1. The molecular formula is C32H47N5. The second kappa shape index (κ2) is 11.6. The van der Waals surface area contributed by atoms with Gasteiger partial charge in [-0.3, -0.25) is 0 Å². The number of rotatable bonds is 1. The number of nitrogens with zero attached hydrogens (tertiary/aromatic N) is 5. The lowest BCUT2D eigenvalue weighted by atomic mass is 9.95. The van der Waals surface area contributed by atoms with E-state index in [0.29, 0.717) is 5.92 Å². The average Bonchev–Trinajstić information content (AvgIpc) is 3.31.